The third-order valence-corrected chi connectivity index (χ3v) is 3.39. The number of hydrogen-bond donors (Lipinski definition) is 2. The molecule has 128 valence electrons. The molecule has 0 radical (unpaired) electrons. The maximum absolute atomic E-state index is 12.8. The molecule has 0 aliphatic rings. The first-order valence-electron chi connectivity index (χ1n) is 7.65. The summed E-state index contributed by atoms with van der Waals surface area (Å²) in [6.45, 7) is 2.35. The molecule has 1 amide bonds. The lowest BCUT2D eigenvalue weighted by Gasteiger charge is -2.06. The van der Waals surface area contributed by atoms with Crippen LogP contribution in [-0.4, -0.2) is 27.6 Å². The third kappa shape index (κ3) is 4.60. The number of carbonyl (C=O) groups excluding carboxylic acids is 1. The van der Waals surface area contributed by atoms with E-state index in [4.69, 9.17) is 4.52 Å². The Balaban J connectivity index is 1.51. The summed E-state index contributed by atoms with van der Waals surface area (Å²) in [6.07, 6.45) is 3.58. The van der Waals surface area contributed by atoms with Gasteiger partial charge < -0.3 is 15.2 Å². The minimum Gasteiger partial charge on any atom is -0.368 e. The number of carbonyl (C=O) groups is 1. The zero-order valence-corrected chi connectivity index (χ0v) is 13.5. The van der Waals surface area contributed by atoms with E-state index < -0.39 is 5.91 Å². The number of amides is 1. The summed E-state index contributed by atoms with van der Waals surface area (Å²) in [5.41, 5.74) is 1.19. The number of benzene rings is 1. The van der Waals surface area contributed by atoms with Crippen molar-refractivity contribution in [3.8, 4) is 0 Å². The van der Waals surface area contributed by atoms with Gasteiger partial charge in [-0.15, -0.1) is 0 Å². The highest BCUT2D eigenvalue weighted by atomic mass is 19.1. The van der Waals surface area contributed by atoms with Gasteiger partial charge in [0.05, 0.1) is 12.4 Å². The molecule has 1 aromatic carbocycles. The van der Waals surface area contributed by atoms with Crippen molar-refractivity contribution in [3.63, 3.8) is 0 Å². The number of hydrogen-bond acceptors (Lipinski definition) is 6. The number of aryl methyl sites for hydroxylation is 1. The molecule has 2 heterocycles. The molecule has 0 saturated carbocycles. The van der Waals surface area contributed by atoms with E-state index in [-0.39, 0.29) is 11.5 Å². The van der Waals surface area contributed by atoms with E-state index in [1.807, 2.05) is 0 Å². The zero-order valence-electron chi connectivity index (χ0n) is 13.5. The SMILES string of the molecule is Cc1cc(NC(=O)c2cnc(NCCc3ccc(F)cc3)cn2)no1. The highest BCUT2D eigenvalue weighted by Gasteiger charge is 2.10. The van der Waals surface area contributed by atoms with Gasteiger partial charge in [-0.05, 0) is 31.0 Å². The van der Waals surface area contributed by atoms with Crippen molar-refractivity contribution in [1.82, 2.24) is 15.1 Å². The molecule has 3 aromatic rings. The Kier molecular flexibility index (Phi) is 4.98. The van der Waals surface area contributed by atoms with Gasteiger partial charge in [0.1, 0.15) is 23.1 Å². The van der Waals surface area contributed by atoms with Crippen molar-refractivity contribution in [1.29, 1.82) is 0 Å². The number of halogens is 1. The molecular weight excluding hydrogens is 325 g/mol. The Morgan fingerprint density at radius 3 is 2.60 bits per heavy atom. The van der Waals surface area contributed by atoms with Crippen LogP contribution in [0.3, 0.4) is 0 Å². The van der Waals surface area contributed by atoms with Crippen molar-refractivity contribution in [2.75, 3.05) is 17.2 Å². The first-order chi connectivity index (χ1) is 12.1. The molecule has 0 atom stereocenters. The third-order valence-electron chi connectivity index (χ3n) is 3.39. The number of rotatable bonds is 6. The Bertz CT molecular complexity index is 846. The van der Waals surface area contributed by atoms with Crippen molar-refractivity contribution in [3.05, 3.63) is 65.6 Å². The molecule has 0 bridgehead atoms. The molecule has 0 aliphatic carbocycles. The van der Waals surface area contributed by atoms with Crippen molar-refractivity contribution in [2.45, 2.75) is 13.3 Å². The second kappa shape index (κ2) is 7.52. The van der Waals surface area contributed by atoms with E-state index in [9.17, 15) is 9.18 Å². The fourth-order valence-electron chi connectivity index (χ4n) is 2.13. The van der Waals surface area contributed by atoms with Crippen molar-refractivity contribution >= 4 is 17.5 Å². The molecule has 0 saturated heterocycles. The van der Waals surface area contributed by atoms with Gasteiger partial charge in [-0.3, -0.25) is 4.79 Å². The molecule has 8 heteroatoms. The predicted octanol–water partition coefficient (Wildman–Crippen LogP) is 2.82. The monoisotopic (exact) mass is 341 g/mol. The van der Waals surface area contributed by atoms with Crippen molar-refractivity contribution < 1.29 is 13.7 Å². The maximum Gasteiger partial charge on any atom is 0.277 e. The van der Waals surface area contributed by atoms with Gasteiger partial charge in [-0.25, -0.2) is 14.4 Å². The van der Waals surface area contributed by atoms with Crippen LogP contribution in [0.4, 0.5) is 16.0 Å². The van der Waals surface area contributed by atoms with E-state index in [0.717, 1.165) is 12.0 Å². The highest BCUT2D eigenvalue weighted by Crippen LogP contribution is 2.09. The number of anilines is 2. The van der Waals surface area contributed by atoms with Crippen molar-refractivity contribution in [2.24, 2.45) is 0 Å². The standard InChI is InChI=1S/C17H16FN5O2/c1-11-8-15(23-25-11)22-17(24)14-9-21-16(10-20-14)19-7-6-12-2-4-13(18)5-3-12/h2-5,8-10H,6-7H2,1H3,(H,19,21)(H,22,23,24). The Morgan fingerprint density at radius 1 is 1.16 bits per heavy atom. The summed E-state index contributed by atoms with van der Waals surface area (Å²) >= 11 is 0. The van der Waals surface area contributed by atoms with Crippen LogP contribution in [0.2, 0.25) is 0 Å². The summed E-state index contributed by atoms with van der Waals surface area (Å²) in [7, 11) is 0. The molecular formula is C17H16FN5O2. The van der Waals surface area contributed by atoms with Crippen LogP contribution in [0.5, 0.6) is 0 Å². The van der Waals surface area contributed by atoms with E-state index in [2.05, 4.69) is 25.8 Å². The zero-order chi connectivity index (χ0) is 17.6. The largest absolute Gasteiger partial charge is 0.368 e. The van der Waals surface area contributed by atoms with Gasteiger partial charge >= 0.3 is 0 Å². The minimum atomic E-state index is -0.418. The Labute approximate surface area is 143 Å². The second-order valence-electron chi connectivity index (χ2n) is 5.37. The average Bonchev–Trinajstić information content (AvgIpc) is 3.02. The summed E-state index contributed by atoms with van der Waals surface area (Å²) in [5, 5.41) is 9.35. The summed E-state index contributed by atoms with van der Waals surface area (Å²) in [4.78, 5) is 20.2. The number of aromatic nitrogens is 3. The van der Waals surface area contributed by atoms with Crippen LogP contribution >= 0.6 is 0 Å². The van der Waals surface area contributed by atoms with E-state index in [1.54, 1.807) is 25.1 Å². The molecule has 2 aromatic heterocycles. The molecule has 0 fully saturated rings. The molecule has 7 nitrogen and oxygen atoms in total. The Morgan fingerprint density at radius 2 is 1.96 bits per heavy atom. The van der Waals surface area contributed by atoms with Crippen LogP contribution in [0.15, 0.2) is 47.2 Å². The number of nitrogens with zero attached hydrogens (tertiary/aromatic N) is 3. The normalized spacial score (nSPS) is 10.5. The first-order valence-corrected chi connectivity index (χ1v) is 7.65. The first kappa shape index (κ1) is 16.6. The average molecular weight is 341 g/mol. The van der Waals surface area contributed by atoms with Crippen LogP contribution in [0, 0.1) is 12.7 Å². The molecule has 25 heavy (non-hydrogen) atoms. The van der Waals surface area contributed by atoms with Gasteiger partial charge in [0.15, 0.2) is 5.82 Å². The van der Waals surface area contributed by atoms with E-state index in [0.29, 0.717) is 23.9 Å². The van der Waals surface area contributed by atoms with Crippen LogP contribution in [-0.2, 0) is 6.42 Å². The Hall–Kier alpha value is -3.29. The van der Waals surface area contributed by atoms with Crippen LogP contribution in [0.25, 0.3) is 0 Å². The highest BCUT2D eigenvalue weighted by molar-refractivity contribution is 6.02. The van der Waals surface area contributed by atoms with Gasteiger partial charge in [0, 0.05) is 12.6 Å². The topological polar surface area (TPSA) is 92.9 Å². The maximum atomic E-state index is 12.8. The predicted molar refractivity (Wildman–Crippen MR) is 89.8 cm³/mol. The van der Waals surface area contributed by atoms with Crippen LogP contribution < -0.4 is 10.6 Å². The molecule has 0 spiro atoms. The molecule has 0 unspecified atom stereocenters. The molecule has 3 rings (SSSR count). The summed E-state index contributed by atoms with van der Waals surface area (Å²) in [6, 6.07) is 7.94. The van der Waals surface area contributed by atoms with Gasteiger partial charge in [0.2, 0.25) is 0 Å². The van der Waals surface area contributed by atoms with Gasteiger partial charge in [-0.1, -0.05) is 17.3 Å². The quantitative estimate of drug-likeness (QED) is 0.716. The fourth-order valence-corrected chi connectivity index (χ4v) is 2.13. The lowest BCUT2D eigenvalue weighted by molar-refractivity contribution is 0.102. The lowest BCUT2D eigenvalue weighted by atomic mass is 10.1. The fraction of sp³-hybridized carbons (Fsp3) is 0.176. The second-order valence-corrected chi connectivity index (χ2v) is 5.37. The van der Waals surface area contributed by atoms with E-state index in [1.165, 1.54) is 24.5 Å². The summed E-state index contributed by atoms with van der Waals surface area (Å²) in [5.74, 6) is 0.805. The van der Waals surface area contributed by atoms with E-state index >= 15 is 0 Å². The lowest BCUT2D eigenvalue weighted by Crippen LogP contribution is -2.15. The van der Waals surface area contributed by atoms with Gasteiger partial charge in [-0.2, -0.15) is 0 Å². The molecule has 0 aliphatic heterocycles. The minimum absolute atomic E-state index is 0.171. The smallest absolute Gasteiger partial charge is 0.277 e. The van der Waals surface area contributed by atoms with Crippen LogP contribution in [0.1, 0.15) is 21.8 Å². The molecule has 2 N–H and O–H groups in total. The summed E-state index contributed by atoms with van der Waals surface area (Å²) < 4.78 is 17.7. The van der Waals surface area contributed by atoms with Gasteiger partial charge in [0.25, 0.3) is 5.91 Å². The number of nitrogens with one attached hydrogen (secondary N) is 2.